The maximum Gasteiger partial charge on any atom is 0.224 e. The lowest BCUT2D eigenvalue weighted by atomic mass is 10.00. The minimum atomic E-state index is -0.493. The lowest BCUT2D eigenvalue weighted by Gasteiger charge is -2.36. The molecule has 0 aromatic heterocycles. The molecule has 164 valence electrons. The van der Waals surface area contributed by atoms with Gasteiger partial charge >= 0.3 is 0 Å². The zero-order valence-electron chi connectivity index (χ0n) is 18.6. The van der Waals surface area contributed by atoms with Crippen LogP contribution in [0.2, 0.25) is 0 Å². The number of rotatable bonds is 6. The molecule has 5 nitrogen and oxygen atoms in total. The van der Waals surface area contributed by atoms with E-state index in [1.165, 1.54) is 11.3 Å². The first-order valence-corrected chi connectivity index (χ1v) is 11.3. The summed E-state index contributed by atoms with van der Waals surface area (Å²) in [6.45, 7) is 8.96. The van der Waals surface area contributed by atoms with Crippen LogP contribution in [0.25, 0.3) is 6.08 Å². The molecule has 0 spiro atoms. The summed E-state index contributed by atoms with van der Waals surface area (Å²) in [4.78, 5) is 16.2. The third kappa shape index (κ3) is 5.54. The van der Waals surface area contributed by atoms with E-state index in [2.05, 4.69) is 59.3 Å². The smallest absolute Gasteiger partial charge is 0.224 e. The van der Waals surface area contributed by atoms with Crippen LogP contribution in [-0.4, -0.2) is 54.7 Å². The van der Waals surface area contributed by atoms with Gasteiger partial charge in [0.2, 0.25) is 5.91 Å². The molecule has 2 aromatic rings. The van der Waals surface area contributed by atoms with Crippen LogP contribution in [0.1, 0.15) is 42.9 Å². The lowest BCUT2D eigenvalue weighted by Crippen LogP contribution is -2.48. The van der Waals surface area contributed by atoms with Gasteiger partial charge in [-0.3, -0.25) is 9.69 Å². The number of piperazine rings is 1. The topological polar surface area (TPSA) is 55.8 Å². The Labute approximate surface area is 185 Å². The summed E-state index contributed by atoms with van der Waals surface area (Å²) in [5, 5.41) is 13.4. The van der Waals surface area contributed by atoms with E-state index >= 15 is 0 Å². The van der Waals surface area contributed by atoms with Crippen LogP contribution in [0, 0.1) is 0 Å². The summed E-state index contributed by atoms with van der Waals surface area (Å²) in [7, 11) is 0. The molecule has 2 N–H and O–H groups in total. The molecule has 1 fully saturated rings. The molecule has 2 aliphatic rings. The SMILES string of the molecule is CC(C)c1ccc(N2CCN(CC(O)C=Cc3ccc4c(c3)CCC(=O)N4)CC2)cc1. The van der Waals surface area contributed by atoms with Gasteiger partial charge in [-0.05, 0) is 53.3 Å². The molecule has 1 unspecified atom stereocenters. The highest BCUT2D eigenvalue weighted by molar-refractivity contribution is 5.94. The maximum atomic E-state index is 11.5. The molecular formula is C26H33N3O2. The second kappa shape index (κ2) is 9.67. The van der Waals surface area contributed by atoms with E-state index in [9.17, 15) is 9.90 Å². The number of β-amino-alcohol motifs (C(OH)–C–C–N with tert-alkyl or cyclic N) is 1. The minimum Gasteiger partial charge on any atom is -0.388 e. The summed E-state index contributed by atoms with van der Waals surface area (Å²) in [5.41, 5.74) is 5.79. The summed E-state index contributed by atoms with van der Waals surface area (Å²) in [6, 6.07) is 15.0. The summed E-state index contributed by atoms with van der Waals surface area (Å²) in [5.74, 6) is 0.640. The summed E-state index contributed by atoms with van der Waals surface area (Å²) < 4.78 is 0. The second-order valence-electron chi connectivity index (χ2n) is 8.93. The molecule has 5 heteroatoms. The Balaban J connectivity index is 1.26. The van der Waals surface area contributed by atoms with Crippen LogP contribution < -0.4 is 10.2 Å². The van der Waals surface area contributed by atoms with Crippen LogP contribution in [0.5, 0.6) is 0 Å². The molecule has 1 atom stereocenters. The van der Waals surface area contributed by atoms with Gasteiger partial charge in [-0.25, -0.2) is 0 Å². The average Bonchev–Trinajstić information content (AvgIpc) is 2.78. The highest BCUT2D eigenvalue weighted by Gasteiger charge is 2.19. The van der Waals surface area contributed by atoms with Gasteiger partial charge in [0.25, 0.3) is 0 Å². The quantitative estimate of drug-likeness (QED) is 0.746. The third-order valence-corrected chi connectivity index (χ3v) is 6.28. The van der Waals surface area contributed by atoms with Crippen molar-refractivity contribution in [3.63, 3.8) is 0 Å². The fraction of sp³-hybridized carbons (Fsp3) is 0.423. The lowest BCUT2D eigenvalue weighted by molar-refractivity contribution is -0.116. The molecule has 4 rings (SSSR count). The van der Waals surface area contributed by atoms with E-state index in [-0.39, 0.29) is 5.91 Å². The van der Waals surface area contributed by atoms with E-state index in [1.807, 2.05) is 24.3 Å². The maximum absolute atomic E-state index is 11.5. The molecular weight excluding hydrogens is 386 g/mol. The molecule has 2 aromatic carbocycles. The number of aliphatic hydroxyl groups excluding tert-OH is 1. The van der Waals surface area contributed by atoms with Crippen molar-refractivity contribution in [2.45, 2.75) is 38.7 Å². The second-order valence-corrected chi connectivity index (χ2v) is 8.93. The number of hydrogen-bond donors (Lipinski definition) is 2. The van der Waals surface area contributed by atoms with E-state index in [0.717, 1.165) is 49.4 Å². The number of nitrogens with one attached hydrogen (secondary N) is 1. The number of hydrogen-bond acceptors (Lipinski definition) is 4. The highest BCUT2D eigenvalue weighted by atomic mass is 16.3. The van der Waals surface area contributed by atoms with Crippen molar-refractivity contribution < 1.29 is 9.90 Å². The molecule has 1 amide bonds. The van der Waals surface area contributed by atoms with Gasteiger partial charge in [-0.1, -0.05) is 44.2 Å². The molecule has 0 radical (unpaired) electrons. The Kier molecular flexibility index (Phi) is 6.73. The Morgan fingerprint density at radius 3 is 2.48 bits per heavy atom. The van der Waals surface area contributed by atoms with Gasteiger partial charge < -0.3 is 15.3 Å². The Morgan fingerprint density at radius 2 is 1.77 bits per heavy atom. The predicted octanol–water partition coefficient (Wildman–Crippen LogP) is 3.89. The molecule has 2 heterocycles. The number of anilines is 2. The highest BCUT2D eigenvalue weighted by Crippen LogP contribution is 2.24. The number of carbonyl (C=O) groups is 1. The number of amides is 1. The van der Waals surface area contributed by atoms with E-state index in [0.29, 0.717) is 18.9 Å². The van der Waals surface area contributed by atoms with Gasteiger partial charge in [-0.2, -0.15) is 0 Å². The van der Waals surface area contributed by atoms with Crippen molar-refractivity contribution in [1.82, 2.24) is 4.90 Å². The number of fused-ring (bicyclic) bond motifs is 1. The predicted molar refractivity (Wildman–Crippen MR) is 128 cm³/mol. The van der Waals surface area contributed by atoms with Gasteiger partial charge in [0.15, 0.2) is 0 Å². The summed E-state index contributed by atoms with van der Waals surface area (Å²) >= 11 is 0. The Bertz CT molecular complexity index is 928. The van der Waals surface area contributed by atoms with E-state index in [4.69, 9.17) is 0 Å². The van der Waals surface area contributed by atoms with Gasteiger partial charge in [-0.15, -0.1) is 0 Å². The van der Waals surface area contributed by atoms with Crippen LogP contribution in [0.4, 0.5) is 11.4 Å². The monoisotopic (exact) mass is 419 g/mol. The van der Waals surface area contributed by atoms with Crippen molar-refractivity contribution >= 4 is 23.4 Å². The largest absolute Gasteiger partial charge is 0.388 e. The normalized spacial score (nSPS) is 18.3. The summed E-state index contributed by atoms with van der Waals surface area (Å²) in [6.07, 6.45) is 4.67. The molecule has 0 bridgehead atoms. The fourth-order valence-corrected chi connectivity index (χ4v) is 4.31. The van der Waals surface area contributed by atoms with Crippen molar-refractivity contribution in [3.8, 4) is 0 Å². The third-order valence-electron chi connectivity index (χ3n) is 6.28. The zero-order chi connectivity index (χ0) is 21.8. The van der Waals surface area contributed by atoms with Crippen LogP contribution in [0.15, 0.2) is 48.5 Å². The Hall–Kier alpha value is -2.63. The minimum absolute atomic E-state index is 0.0823. The number of aryl methyl sites for hydroxylation is 1. The van der Waals surface area contributed by atoms with Gasteiger partial charge in [0, 0.05) is 50.5 Å². The average molecular weight is 420 g/mol. The first kappa shape index (κ1) is 21.6. The van der Waals surface area contributed by atoms with Crippen molar-refractivity contribution in [1.29, 1.82) is 0 Å². The van der Waals surface area contributed by atoms with Crippen LogP contribution in [0.3, 0.4) is 0 Å². The van der Waals surface area contributed by atoms with Crippen LogP contribution >= 0.6 is 0 Å². The fourth-order valence-electron chi connectivity index (χ4n) is 4.31. The number of benzene rings is 2. The first-order chi connectivity index (χ1) is 15.0. The number of carbonyl (C=O) groups excluding carboxylic acids is 1. The number of aliphatic hydroxyl groups is 1. The molecule has 1 saturated heterocycles. The van der Waals surface area contributed by atoms with Gasteiger partial charge in [0.1, 0.15) is 0 Å². The molecule has 31 heavy (non-hydrogen) atoms. The standard InChI is InChI=1S/C26H33N3O2/c1-19(2)21-5-8-23(9-6-21)29-15-13-28(14-16-29)18-24(30)10-3-20-4-11-25-22(17-20)7-12-26(31)27-25/h3-6,8-11,17,19,24,30H,7,12-16,18H2,1-2H3,(H,27,31). The Morgan fingerprint density at radius 1 is 1.03 bits per heavy atom. The van der Waals surface area contributed by atoms with E-state index < -0.39 is 6.10 Å². The van der Waals surface area contributed by atoms with Crippen molar-refractivity contribution in [2.24, 2.45) is 0 Å². The number of nitrogens with zero attached hydrogens (tertiary/aromatic N) is 2. The van der Waals surface area contributed by atoms with Gasteiger partial charge in [0.05, 0.1) is 6.10 Å². The van der Waals surface area contributed by atoms with Crippen LogP contribution in [-0.2, 0) is 11.2 Å². The molecule has 0 saturated carbocycles. The zero-order valence-corrected chi connectivity index (χ0v) is 18.6. The first-order valence-electron chi connectivity index (χ1n) is 11.3. The van der Waals surface area contributed by atoms with Crippen molar-refractivity contribution in [3.05, 3.63) is 65.2 Å². The molecule has 0 aliphatic carbocycles. The molecule has 2 aliphatic heterocycles. The van der Waals surface area contributed by atoms with Crippen molar-refractivity contribution in [2.75, 3.05) is 42.9 Å². The van der Waals surface area contributed by atoms with E-state index in [1.54, 1.807) is 0 Å².